The Morgan fingerprint density at radius 3 is 1.74 bits per heavy atom. The normalized spacial score (nSPS) is 12.9. The summed E-state index contributed by atoms with van der Waals surface area (Å²) in [4.78, 5) is 4.99. The first-order valence-corrected chi connectivity index (χ1v) is 21.2. The van der Waals surface area contributed by atoms with Gasteiger partial charge in [-0.1, -0.05) is 196 Å². The highest BCUT2D eigenvalue weighted by Gasteiger charge is 2.38. The van der Waals surface area contributed by atoms with Gasteiger partial charge in [-0.2, -0.15) is 0 Å². The molecule has 1 aliphatic rings. The molecule has 61 heavy (non-hydrogen) atoms. The minimum Gasteiger partial charge on any atom is -0.310 e. The van der Waals surface area contributed by atoms with Crippen LogP contribution in [0.1, 0.15) is 25.0 Å². The number of para-hydroxylation sites is 2. The summed E-state index contributed by atoms with van der Waals surface area (Å²) in [6, 6.07) is 84.3. The van der Waals surface area contributed by atoms with E-state index in [1.807, 2.05) is 0 Å². The molecule has 0 saturated carbocycles. The lowest BCUT2D eigenvalue weighted by Crippen LogP contribution is -2.31. The molecule has 0 saturated heterocycles. The molecule has 0 fully saturated rings. The smallest absolute Gasteiger partial charge is 0.0618 e. The standard InChI is InChI=1S/C59H44N2/c1-59(2)53-26-14-16-28-56(53)61(58-51-25-12-11-22-45(51)33-37-52(58)47-30-29-42-19-9-10-23-46(42)39-47)57-38-36-49(40-54(57)59)60(48-34-31-43(32-35-48)41-17-5-3-6-18-41)55-27-15-13-24-50(55)44-20-7-4-8-21-44/h3-40H,1-2H3. The molecule has 0 aliphatic carbocycles. The summed E-state index contributed by atoms with van der Waals surface area (Å²) in [6.45, 7) is 4.77. The van der Waals surface area contributed by atoms with Crippen LogP contribution in [0.15, 0.2) is 231 Å². The van der Waals surface area contributed by atoms with Gasteiger partial charge in [-0.25, -0.2) is 0 Å². The van der Waals surface area contributed by atoms with E-state index in [0.717, 1.165) is 17.1 Å². The van der Waals surface area contributed by atoms with Gasteiger partial charge in [-0.15, -0.1) is 0 Å². The van der Waals surface area contributed by atoms with Crippen molar-refractivity contribution >= 4 is 55.7 Å². The quantitative estimate of drug-likeness (QED) is 0.159. The van der Waals surface area contributed by atoms with Crippen LogP contribution in [0.25, 0.3) is 54.9 Å². The molecule has 0 unspecified atom stereocenters. The molecular weight excluding hydrogens is 737 g/mol. The molecule has 0 bridgehead atoms. The summed E-state index contributed by atoms with van der Waals surface area (Å²) in [5.74, 6) is 0. The van der Waals surface area contributed by atoms with Crippen LogP contribution in [0.4, 0.5) is 34.1 Å². The van der Waals surface area contributed by atoms with E-state index >= 15 is 0 Å². The number of anilines is 6. The van der Waals surface area contributed by atoms with E-state index in [2.05, 4.69) is 254 Å². The lowest BCUT2D eigenvalue weighted by molar-refractivity contribution is 0.632. The predicted molar refractivity (Wildman–Crippen MR) is 259 cm³/mol. The van der Waals surface area contributed by atoms with Crippen LogP contribution in [0.3, 0.4) is 0 Å². The van der Waals surface area contributed by atoms with Crippen LogP contribution < -0.4 is 9.80 Å². The average molecular weight is 781 g/mol. The van der Waals surface area contributed by atoms with E-state index in [0.29, 0.717) is 0 Å². The second-order valence-electron chi connectivity index (χ2n) is 16.6. The van der Waals surface area contributed by atoms with Crippen molar-refractivity contribution in [3.8, 4) is 33.4 Å². The van der Waals surface area contributed by atoms with Gasteiger partial charge in [-0.05, 0) is 98.1 Å². The molecule has 290 valence electrons. The first kappa shape index (κ1) is 36.4. The zero-order valence-electron chi connectivity index (χ0n) is 34.3. The summed E-state index contributed by atoms with van der Waals surface area (Å²) >= 11 is 0. The molecule has 1 aliphatic heterocycles. The van der Waals surface area contributed by atoms with Crippen molar-refractivity contribution in [2.75, 3.05) is 9.80 Å². The van der Waals surface area contributed by atoms with Crippen molar-refractivity contribution in [1.29, 1.82) is 0 Å². The molecule has 10 aromatic rings. The van der Waals surface area contributed by atoms with E-state index < -0.39 is 0 Å². The first-order valence-electron chi connectivity index (χ1n) is 21.2. The first-order chi connectivity index (χ1) is 30.0. The van der Waals surface area contributed by atoms with Gasteiger partial charge in [0.15, 0.2) is 0 Å². The molecule has 2 nitrogen and oxygen atoms in total. The highest BCUT2D eigenvalue weighted by atomic mass is 15.2. The maximum atomic E-state index is 2.55. The maximum Gasteiger partial charge on any atom is 0.0618 e. The Morgan fingerprint density at radius 2 is 0.934 bits per heavy atom. The molecule has 0 N–H and O–H groups in total. The fourth-order valence-corrected chi connectivity index (χ4v) is 9.55. The number of hydrogen-bond donors (Lipinski definition) is 0. The molecule has 2 heteroatoms. The molecule has 11 rings (SSSR count). The van der Waals surface area contributed by atoms with Crippen LogP contribution in [-0.4, -0.2) is 0 Å². The van der Waals surface area contributed by atoms with Crippen LogP contribution in [0.5, 0.6) is 0 Å². The molecule has 10 aromatic carbocycles. The van der Waals surface area contributed by atoms with E-state index in [4.69, 9.17) is 0 Å². The van der Waals surface area contributed by atoms with Crippen molar-refractivity contribution < 1.29 is 0 Å². The predicted octanol–water partition coefficient (Wildman–Crippen LogP) is 16.6. The fourth-order valence-electron chi connectivity index (χ4n) is 9.55. The van der Waals surface area contributed by atoms with Gasteiger partial charge >= 0.3 is 0 Å². The Morgan fingerprint density at radius 1 is 0.361 bits per heavy atom. The van der Waals surface area contributed by atoms with Gasteiger partial charge in [0.1, 0.15) is 0 Å². The highest BCUT2D eigenvalue weighted by Crippen LogP contribution is 2.56. The third-order valence-corrected chi connectivity index (χ3v) is 12.6. The van der Waals surface area contributed by atoms with Gasteiger partial charge in [0.05, 0.1) is 22.7 Å². The minimum absolute atomic E-state index is 0.312. The Bertz CT molecular complexity index is 3220. The third-order valence-electron chi connectivity index (χ3n) is 12.6. The second kappa shape index (κ2) is 14.9. The van der Waals surface area contributed by atoms with Crippen molar-refractivity contribution in [1.82, 2.24) is 0 Å². The molecule has 1 heterocycles. The number of nitrogens with zero attached hydrogens (tertiary/aromatic N) is 2. The number of rotatable bonds is 7. The molecular formula is C59H44N2. The average Bonchev–Trinajstić information content (AvgIpc) is 3.33. The lowest BCUT2D eigenvalue weighted by Gasteiger charge is -2.43. The largest absolute Gasteiger partial charge is 0.310 e. The van der Waals surface area contributed by atoms with E-state index in [1.54, 1.807) is 0 Å². The minimum atomic E-state index is -0.312. The summed E-state index contributed by atoms with van der Waals surface area (Å²) in [5.41, 5.74) is 16.3. The van der Waals surface area contributed by atoms with E-state index in [1.165, 1.54) is 83.1 Å². The molecule has 0 aromatic heterocycles. The number of hydrogen-bond acceptors (Lipinski definition) is 2. The van der Waals surface area contributed by atoms with Gasteiger partial charge in [-0.3, -0.25) is 0 Å². The second-order valence-corrected chi connectivity index (χ2v) is 16.6. The summed E-state index contributed by atoms with van der Waals surface area (Å²) in [5, 5.41) is 4.90. The topological polar surface area (TPSA) is 6.48 Å². The van der Waals surface area contributed by atoms with E-state index in [-0.39, 0.29) is 5.41 Å². The summed E-state index contributed by atoms with van der Waals surface area (Å²) < 4.78 is 0. The third kappa shape index (κ3) is 6.27. The Hall–Kier alpha value is -7.68. The van der Waals surface area contributed by atoms with Crippen LogP contribution >= 0.6 is 0 Å². The van der Waals surface area contributed by atoms with Gasteiger partial charge in [0, 0.05) is 33.3 Å². The van der Waals surface area contributed by atoms with Gasteiger partial charge in [0.25, 0.3) is 0 Å². The Kier molecular flexibility index (Phi) is 8.86. The van der Waals surface area contributed by atoms with Crippen molar-refractivity contribution in [2.45, 2.75) is 19.3 Å². The van der Waals surface area contributed by atoms with Crippen LogP contribution in [0.2, 0.25) is 0 Å². The molecule has 0 spiro atoms. The monoisotopic (exact) mass is 780 g/mol. The van der Waals surface area contributed by atoms with Crippen LogP contribution in [0, 0.1) is 0 Å². The van der Waals surface area contributed by atoms with E-state index in [9.17, 15) is 0 Å². The van der Waals surface area contributed by atoms with Gasteiger partial charge < -0.3 is 9.80 Å². The SMILES string of the molecule is CC1(C)c2ccccc2N(c2c(-c3ccc4ccccc4c3)ccc3ccccc23)c2ccc(N(c3ccc(-c4ccccc4)cc3)c3ccccc3-c3ccccc3)cc21. The van der Waals surface area contributed by atoms with Crippen molar-refractivity contribution in [3.05, 3.63) is 242 Å². The fraction of sp³-hybridized carbons (Fsp3) is 0.0508. The van der Waals surface area contributed by atoms with Crippen molar-refractivity contribution in [3.63, 3.8) is 0 Å². The van der Waals surface area contributed by atoms with Crippen molar-refractivity contribution in [2.24, 2.45) is 0 Å². The Labute approximate surface area is 358 Å². The molecule has 0 amide bonds. The molecule has 0 radical (unpaired) electrons. The van der Waals surface area contributed by atoms with Crippen LogP contribution in [-0.2, 0) is 5.41 Å². The summed E-state index contributed by atoms with van der Waals surface area (Å²) in [6.07, 6.45) is 0. The number of fused-ring (bicyclic) bond motifs is 4. The highest BCUT2D eigenvalue weighted by molar-refractivity contribution is 6.08. The maximum absolute atomic E-state index is 2.55. The molecule has 0 atom stereocenters. The summed E-state index contributed by atoms with van der Waals surface area (Å²) in [7, 11) is 0. The zero-order valence-corrected chi connectivity index (χ0v) is 34.3. The lowest BCUT2D eigenvalue weighted by atomic mass is 9.73. The van der Waals surface area contributed by atoms with Gasteiger partial charge in [0.2, 0.25) is 0 Å². The zero-order chi connectivity index (χ0) is 40.9. The Balaban J connectivity index is 1.15. The number of benzene rings is 10.